The van der Waals surface area contributed by atoms with Gasteiger partial charge in [-0.3, -0.25) is 0 Å². The molecule has 0 saturated heterocycles. The molecule has 118 valence electrons. The van der Waals surface area contributed by atoms with Crippen LogP contribution in [0.3, 0.4) is 0 Å². The van der Waals surface area contributed by atoms with Crippen molar-refractivity contribution in [2.75, 3.05) is 13.2 Å². The van der Waals surface area contributed by atoms with E-state index in [0.717, 1.165) is 6.42 Å². The summed E-state index contributed by atoms with van der Waals surface area (Å²) in [6, 6.07) is 5.47. The third-order valence-electron chi connectivity index (χ3n) is 2.87. The smallest absolute Gasteiger partial charge is 0.315 e. The highest BCUT2D eigenvalue weighted by Crippen LogP contribution is 2.12. The summed E-state index contributed by atoms with van der Waals surface area (Å²) < 4.78 is 18.3. The number of nitrogens with one attached hydrogen (secondary N) is 2. The van der Waals surface area contributed by atoms with Gasteiger partial charge in [0.1, 0.15) is 17.7 Å². The fourth-order valence-corrected chi connectivity index (χ4v) is 1.77. The second kappa shape index (κ2) is 9.18. The Morgan fingerprint density at radius 3 is 2.62 bits per heavy atom. The number of urea groups is 1. The predicted octanol–water partition coefficient (Wildman–Crippen LogP) is 2.05. The zero-order valence-electron chi connectivity index (χ0n) is 12.4. The number of hydrogen-bond donors (Lipinski definition) is 3. The quantitative estimate of drug-likeness (QED) is 0.688. The Labute approximate surface area is 124 Å². The van der Waals surface area contributed by atoms with E-state index < -0.39 is 0 Å². The molecule has 2 amide bonds. The highest BCUT2D eigenvalue weighted by Gasteiger charge is 2.09. The Bertz CT molecular complexity index is 425. The van der Waals surface area contributed by atoms with Crippen LogP contribution in [0.25, 0.3) is 0 Å². The van der Waals surface area contributed by atoms with Crippen LogP contribution in [-0.2, 0) is 0 Å². The van der Waals surface area contributed by atoms with Crippen LogP contribution in [0.15, 0.2) is 24.3 Å². The summed E-state index contributed by atoms with van der Waals surface area (Å²) in [7, 11) is 0. The van der Waals surface area contributed by atoms with Crippen molar-refractivity contribution >= 4 is 6.03 Å². The molecule has 3 N–H and O–H groups in total. The number of benzene rings is 1. The van der Waals surface area contributed by atoms with Crippen molar-refractivity contribution in [3.63, 3.8) is 0 Å². The van der Waals surface area contributed by atoms with Crippen molar-refractivity contribution in [3.05, 3.63) is 30.1 Å². The van der Waals surface area contributed by atoms with Gasteiger partial charge in [0, 0.05) is 12.6 Å². The lowest BCUT2D eigenvalue weighted by Gasteiger charge is -2.17. The van der Waals surface area contributed by atoms with Gasteiger partial charge in [0.15, 0.2) is 0 Å². The highest BCUT2D eigenvalue weighted by molar-refractivity contribution is 5.74. The molecular weight excluding hydrogens is 275 g/mol. The number of carbonyl (C=O) groups excluding carboxylic acids is 1. The van der Waals surface area contributed by atoms with Crippen LogP contribution in [0.5, 0.6) is 5.75 Å². The van der Waals surface area contributed by atoms with Gasteiger partial charge in [0.2, 0.25) is 0 Å². The molecule has 0 heterocycles. The normalized spacial score (nSPS) is 13.3. The van der Waals surface area contributed by atoms with Crippen LogP contribution >= 0.6 is 0 Å². The third kappa shape index (κ3) is 7.51. The molecule has 6 heteroatoms. The van der Waals surface area contributed by atoms with Crippen molar-refractivity contribution in [2.45, 2.75) is 38.8 Å². The second-order valence-corrected chi connectivity index (χ2v) is 5.00. The maximum absolute atomic E-state index is 12.8. The maximum Gasteiger partial charge on any atom is 0.315 e. The van der Waals surface area contributed by atoms with Crippen LogP contribution in [-0.4, -0.2) is 36.4 Å². The molecule has 0 saturated carbocycles. The van der Waals surface area contributed by atoms with Crippen LogP contribution in [0.1, 0.15) is 26.7 Å². The molecule has 2 unspecified atom stereocenters. The van der Waals surface area contributed by atoms with E-state index in [4.69, 9.17) is 9.84 Å². The van der Waals surface area contributed by atoms with Crippen LogP contribution in [0.4, 0.5) is 9.18 Å². The molecule has 5 nitrogen and oxygen atoms in total. The summed E-state index contributed by atoms with van der Waals surface area (Å²) in [5, 5.41) is 14.2. The maximum atomic E-state index is 12.8. The fraction of sp³-hybridized carbons (Fsp3) is 0.533. The van der Waals surface area contributed by atoms with Gasteiger partial charge in [-0.25, -0.2) is 9.18 Å². The number of aliphatic hydroxyl groups excluding tert-OH is 1. The molecular formula is C15H23FN2O3. The molecule has 2 atom stereocenters. The minimum Gasteiger partial charge on any atom is -0.489 e. The van der Waals surface area contributed by atoms with Gasteiger partial charge < -0.3 is 20.5 Å². The van der Waals surface area contributed by atoms with Gasteiger partial charge in [-0.15, -0.1) is 0 Å². The van der Waals surface area contributed by atoms with E-state index in [2.05, 4.69) is 10.6 Å². The number of carbonyl (C=O) groups is 1. The summed E-state index contributed by atoms with van der Waals surface area (Å²) in [5.41, 5.74) is 0. The van der Waals surface area contributed by atoms with Crippen LogP contribution in [0, 0.1) is 5.82 Å². The van der Waals surface area contributed by atoms with E-state index in [1.807, 2.05) is 13.8 Å². The Morgan fingerprint density at radius 2 is 2.00 bits per heavy atom. The fourth-order valence-electron chi connectivity index (χ4n) is 1.77. The number of hydrogen-bond acceptors (Lipinski definition) is 3. The van der Waals surface area contributed by atoms with Crippen molar-refractivity contribution in [2.24, 2.45) is 0 Å². The zero-order chi connectivity index (χ0) is 15.7. The van der Waals surface area contributed by atoms with E-state index >= 15 is 0 Å². The van der Waals surface area contributed by atoms with Gasteiger partial charge in [-0.2, -0.15) is 0 Å². The minimum absolute atomic E-state index is 0.00507. The summed E-state index contributed by atoms with van der Waals surface area (Å²) in [5.74, 6) is 0.242. The van der Waals surface area contributed by atoms with Gasteiger partial charge in [-0.1, -0.05) is 0 Å². The number of ether oxygens (including phenoxy) is 1. The van der Waals surface area contributed by atoms with Crippen LogP contribution < -0.4 is 15.4 Å². The van der Waals surface area contributed by atoms with Gasteiger partial charge in [-0.05, 0) is 51.0 Å². The Hall–Kier alpha value is -1.82. The average Bonchev–Trinajstić information content (AvgIpc) is 2.45. The lowest BCUT2D eigenvalue weighted by atomic mass is 10.2. The summed E-state index contributed by atoms with van der Waals surface area (Å²) in [6.45, 7) is 4.17. The van der Waals surface area contributed by atoms with Crippen molar-refractivity contribution in [3.8, 4) is 5.75 Å². The molecule has 1 aromatic carbocycles. The average molecular weight is 298 g/mol. The first kappa shape index (κ1) is 17.2. The number of aliphatic hydroxyl groups is 1. The Balaban J connectivity index is 2.24. The number of halogens is 1. The van der Waals surface area contributed by atoms with E-state index in [-0.39, 0.29) is 30.6 Å². The second-order valence-electron chi connectivity index (χ2n) is 5.00. The topological polar surface area (TPSA) is 70.6 Å². The number of rotatable bonds is 8. The van der Waals surface area contributed by atoms with Crippen molar-refractivity contribution in [1.82, 2.24) is 10.6 Å². The molecule has 0 aromatic heterocycles. The van der Waals surface area contributed by atoms with Gasteiger partial charge >= 0.3 is 6.03 Å². The first-order chi connectivity index (χ1) is 10.0. The predicted molar refractivity (Wildman–Crippen MR) is 78.8 cm³/mol. The Kier molecular flexibility index (Phi) is 7.53. The molecule has 0 bridgehead atoms. The molecule has 1 rings (SSSR count). The highest BCUT2D eigenvalue weighted by atomic mass is 19.1. The largest absolute Gasteiger partial charge is 0.489 e. The lowest BCUT2D eigenvalue weighted by Crippen LogP contribution is -2.44. The molecule has 0 fully saturated rings. The number of amides is 2. The van der Waals surface area contributed by atoms with E-state index in [1.54, 1.807) is 12.1 Å². The molecule has 1 aromatic rings. The van der Waals surface area contributed by atoms with E-state index in [0.29, 0.717) is 18.7 Å². The summed E-state index contributed by atoms with van der Waals surface area (Å²) in [4.78, 5) is 11.6. The van der Waals surface area contributed by atoms with E-state index in [9.17, 15) is 9.18 Å². The molecule has 0 radical (unpaired) electrons. The van der Waals surface area contributed by atoms with Gasteiger partial charge in [0.25, 0.3) is 0 Å². The first-order valence-corrected chi connectivity index (χ1v) is 7.08. The molecule has 21 heavy (non-hydrogen) atoms. The standard InChI is InChI=1S/C15H23FN2O3/c1-11(4-3-9-19)18-15(20)17-10-12(2)21-14-7-5-13(16)6-8-14/h5-8,11-12,19H,3-4,9-10H2,1-2H3,(H2,17,18,20). The van der Waals surface area contributed by atoms with Gasteiger partial charge in [0.05, 0.1) is 6.54 Å². The molecule has 0 aliphatic heterocycles. The summed E-state index contributed by atoms with van der Waals surface area (Å²) >= 11 is 0. The zero-order valence-corrected chi connectivity index (χ0v) is 12.4. The molecule has 0 aliphatic rings. The van der Waals surface area contributed by atoms with Crippen LogP contribution in [0.2, 0.25) is 0 Å². The molecule has 0 spiro atoms. The van der Waals surface area contributed by atoms with Crippen molar-refractivity contribution < 1.29 is 19.0 Å². The SMILES string of the molecule is CC(CCCO)NC(=O)NCC(C)Oc1ccc(F)cc1. The summed E-state index contributed by atoms with van der Waals surface area (Å²) in [6.07, 6.45) is 1.16. The third-order valence-corrected chi connectivity index (χ3v) is 2.87. The monoisotopic (exact) mass is 298 g/mol. The van der Waals surface area contributed by atoms with E-state index in [1.165, 1.54) is 12.1 Å². The first-order valence-electron chi connectivity index (χ1n) is 7.08. The minimum atomic E-state index is -0.315. The lowest BCUT2D eigenvalue weighted by molar-refractivity contribution is 0.205. The Morgan fingerprint density at radius 1 is 1.33 bits per heavy atom. The molecule has 0 aliphatic carbocycles. The van der Waals surface area contributed by atoms with Crippen molar-refractivity contribution in [1.29, 1.82) is 0 Å².